The zero-order chi connectivity index (χ0) is 20.4. The molecule has 29 heavy (non-hydrogen) atoms. The van der Waals surface area contributed by atoms with Crippen LogP contribution in [0.3, 0.4) is 0 Å². The van der Waals surface area contributed by atoms with E-state index in [-0.39, 0.29) is 24.4 Å². The Morgan fingerprint density at radius 2 is 1.76 bits per heavy atom. The number of carbonyl (C=O) groups excluding carboxylic acids is 1. The number of anilines is 1. The van der Waals surface area contributed by atoms with Crippen LogP contribution >= 0.6 is 0 Å². The van der Waals surface area contributed by atoms with Crippen molar-refractivity contribution in [2.45, 2.75) is 25.5 Å². The summed E-state index contributed by atoms with van der Waals surface area (Å²) in [5.41, 5.74) is 2.52. The number of benzene rings is 2. The van der Waals surface area contributed by atoms with Crippen LogP contribution < -0.4 is 14.8 Å². The highest BCUT2D eigenvalue weighted by Gasteiger charge is 2.31. The van der Waals surface area contributed by atoms with Crippen LogP contribution in [-0.4, -0.2) is 38.5 Å². The van der Waals surface area contributed by atoms with Crippen LogP contribution in [0.4, 0.5) is 5.69 Å². The summed E-state index contributed by atoms with van der Waals surface area (Å²) in [5, 5.41) is 2.90. The first kappa shape index (κ1) is 19.7. The van der Waals surface area contributed by atoms with Gasteiger partial charge in [0.25, 0.3) is 0 Å². The van der Waals surface area contributed by atoms with Crippen molar-refractivity contribution in [3.8, 4) is 11.5 Å². The molecule has 0 aliphatic carbocycles. The molecule has 2 aromatic rings. The predicted octanol–water partition coefficient (Wildman–Crippen LogP) is 2.90. The standard InChI is InChI=1S/C21H24N2O5S/c1-15-2-4-16(5-3-15)13-29(25,26)23-10-8-17(9-11-23)21(24)22-18-6-7-19-20(12-18)28-14-27-19/h2-7,12,17H,8-11,13-14H2,1H3,(H,22,24). The van der Waals surface area contributed by atoms with Crippen LogP contribution in [0.2, 0.25) is 0 Å². The van der Waals surface area contributed by atoms with Crippen LogP contribution in [0.15, 0.2) is 42.5 Å². The van der Waals surface area contributed by atoms with Crippen molar-refractivity contribution in [3.05, 3.63) is 53.6 Å². The molecule has 7 nitrogen and oxygen atoms in total. The van der Waals surface area contributed by atoms with Gasteiger partial charge in [0, 0.05) is 30.8 Å². The smallest absolute Gasteiger partial charge is 0.231 e. The highest BCUT2D eigenvalue weighted by atomic mass is 32.2. The third-order valence-electron chi connectivity index (χ3n) is 5.33. The summed E-state index contributed by atoms with van der Waals surface area (Å²) in [6, 6.07) is 12.8. The van der Waals surface area contributed by atoms with Crippen molar-refractivity contribution in [2.75, 3.05) is 25.2 Å². The van der Waals surface area contributed by atoms with Gasteiger partial charge in [0.05, 0.1) is 5.75 Å². The van der Waals surface area contributed by atoms with Gasteiger partial charge in [-0.25, -0.2) is 12.7 Å². The van der Waals surface area contributed by atoms with E-state index in [2.05, 4.69) is 5.32 Å². The molecule has 1 amide bonds. The Labute approximate surface area is 170 Å². The molecule has 8 heteroatoms. The molecular formula is C21H24N2O5S. The predicted molar refractivity (Wildman–Crippen MR) is 109 cm³/mol. The normalized spacial score (nSPS) is 17.3. The maximum absolute atomic E-state index is 12.7. The number of amides is 1. The van der Waals surface area contributed by atoms with Gasteiger partial charge in [0.1, 0.15) is 0 Å². The number of sulfonamides is 1. The molecule has 0 atom stereocenters. The van der Waals surface area contributed by atoms with Gasteiger partial charge in [-0.05, 0) is 37.5 Å². The molecule has 1 saturated heterocycles. The summed E-state index contributed by atoms with van der Waals surface area (Å²) < 4.78 is 37.5. The lowest BCUT2D eigenvalue weighted by Crippen LogP contribution is -2.41. The highest BCUT2D eigenvalue weighted by Crippen LogP contribution is 2.34. The topological polar surface area (TPSA) is 84.9 Å². The van der Waals surface area contributed by atoms with Gasteiger partial charge in [-0.3, -0.25) is 4.79 Å². The fourth-order valence-corrected chi connectivity index (χ4v) is 5.16. The number of hydrogen-bond acceptors (Lipinski definition) is 5. The van der Waals surface area contributed by atoms with E-state index in [0.717, 1.165) is 11.1 Å². The van der Waals surface area contributed by atoms with Crippen molar-refractivity contribution in [2.24, 2.45) is 5.92 Å². The number of nitrogens with zero attached hydrogens (tertiary/aromatic N) is 1. The minimum Gasteiger partial charge on any atom is -0.454 e. The summed E-state index contributed by atoms with van der Waals surface area (Å²) >= 11 is 0. The monoisotopic (exact) mass is 416 g/mol. The molecule has 2 aliphatic heterocycles. The molecule has 4 rings (SSSR count). The molecule has 2 aromatic carbocycles. The van der Waals surface area contributed by atoms with Crippen LogP contribution in [0.5, 0.6) is 11.5 Å². The van der Waals surface area contributed by atoms with Gasteiger partial charge in [-0.1, -0.05) is 29.8 Å². The first-order valence-electron chi connectivity index (χ1n) is 9.64. The van der Waals surface area contributed by atoms with Gasteiger partial charge in [-0.2, -0.15) is 0 Å². The fraction of sp³-hybridized carbons (Fsp3) is 0.381. The van der Waals surface area contributed by atoms with Crippen LogP contribution in [0.1, 0.15) is 24.0 Å². The number of ether oxygens (including phenoxy) is 2. The van der Waals surface area contributed by atoms with Gasteiger partial charge in [0.2, 0.25) is 22.7 Å². The summed E-state index contributed by atoms with van der Waals surface area (Å²) in [4.78, 5) is 12.6. The second-order valence-electron chi connectivity index (χ2n) is 7.47. The molecule has 154 valence electrons. The van der Waals surface area contributed by atoms with Crippen molar-refractivity contribution in [1.29, 1.82) is 0 Å². The lowest BCUT2D eigenvalue weighted by Gasteiger charge is -2.30. The Morgan fingerprint density at radius 1 is 1.07 bits per heavy atom. The van der Waals surface area contributed by atoms with Crippen molar-refractivity contribution < 1.29 is 22.7 Å². The largest absolute Gasteiger partial charge is 0.454 e. The molecule has 0 aromatic heterocycles. The first-order valence-corrected chi connectivity index (χ1v) is 11.3. The number of nitrogens with one attached hydrogen (secondary N) is 1. The molecular weight excluding hydrogens is 392 g/mol. The molecule has 0 unspecified atom stereocenters. The molecule has 0 radical (unpaired) electrons. The molecule has 2 heterocycles. The Balaban J connectivity index is 1.32. The first-order chi connectivity index (χ1) is 13.9. The van der Waals surface area contributed by atoms with Gasteiger partial charge >= 0.3 is 0 Å². The SMILES string of the molecule is Cc1ccc(CS(=O)(=O)N2CCC(C(=O)Nc3ccc4c(c3)OCO4)CC2)cc1. The second-order valence-corrected chi connectivity index (χ2v) is 9.44. The van der Waals surface area contributed by atoms with E-state index in [9.17, 15) is 13.2 Å². The third kappa shape index (κ3) is 4.54. The average molecular weight is 416 g/mol. The lowest BCUT2D eigenvalue weighted by molar-refractivity contribution is -0.120. The zero-order valence-corrected chi connectivity index (χ0v) is 17.1. The van der Waals surface area contributed by atoms with Crippen LogP contribution in [-0.2, 0) is 20.6 Å². The van der Waals surface area contributed by atoms with E-state index in [1.807, 2.05) is 31.2 Å². The Kier molecular flexibility index (Phi) is 5.47. The van der Waals surface area contributed by atoms with Crippen LogP contribution in [0.25, 0.3) is 0 Å². The fourth-order valence-electron chi connectivity index (χ4n) is 3.60. The Morgan fingerprint density at radius 3 is 2.48 bits per heavy atom. The zero-order valence-electron chi connectivity index (χ0n) is 16.3. The van der Waals surface area contributed by atoms with Crippen LogP contribution in [0, 0.1) is 12.8 Å². The van der Waals surface area contributed by atoms with E-state index in [1.165, 1.54) is 4.31 Å². The number of rotatable bonds is 5. The molecule has 0 saturated carbocycles. The Hall–Kier alpha value is -2.58. The number of fused-ring (bicyclic) bond motifs is 1. The van der Waals surface area contributed by atoms with E-state index >= 15 is 0 Å². The van der Waals surface area contributed by atoms with E-state index < -0.39 is 10.0 Å². The molecule has 0 spiro atoms. The number of carbonyl (C=O) groups is 1. The quantitative estimate of drug-likeness (QED) is 0.810. The highest BCUT2D eigenvalue weighted by molar-refractivity contribution is 7.88. The third-order valence-corrected chi connectivity index (χ3v) is 7.18. The maximum Gasteiger partial charge on any atom is 0.231 e. The average Bonchev–Trinajstić information content (AvgIpc) is 3.17. The van der Waals surface area contributed by atoms with Crippen molar-refractivity contribution >= 4 is 21.6 Å². The van der Waals surface area contributed by atoms with E-state index in [4.69, 9.17) is 9.47 Å². The second kappa shape index (κ2) is 8.04. The Bertz CT molecular complexity index is 996. The number of piperidine rings is 1. The number of aryl methyl sites for hydroxylation is 1. The lowest BCUT2D eigenvalue weighted by atomic mass is 9.97. The van der Waals surface area contributed by atoms with Crippen molar-refractivity contribution in [3.63, 3.8) is 0 Å². The van der Waals surface area contributed by atoms with Crippen molar-refractivity contribution in [1.82, 2.24) is 4.31 Å². The molecule has 1 fully saturated rings. The summed E-state index contributed by atoms with van der Waals surface area (Å²) in [7, 11) is -3.39. The van der Waals surface area contributed by atoms with E-state index in [0.29, 0.717) is 43.1 Å². The summed E-state index contributed by atoms with van der Waals surface area (Å²) in [6.45, 7) is 2.86. The van der Waals surface area contributed by atoms with Gasteiger partial charge in [-0.15, -0.1) is 0 Å². The van der Waals surface area contributed by atoms with E-state index in [1.54, 1.807) is 18.2 Å². The number of hydrogen-bond donors (Lipinski definition) is 1. The molecule has 2 aliphatic rings. The minimum atomic E-state index is -3.39. The molecule has 0 bridgehead atoms. The summed E-state index contributed by atoms with van der Waals surface area (Å²) in [6.07, 6.45) is 1.01. The minimum absolute atomic E-state index is 0.0126. The van der Waals surface area contributed by atoms with Gasteiger partial charge < -0.3 is 14.8 Å². The maximum atomic E-state index is 12.7. The summed E-state index contributed by atoms with van der Waals surface area (Å²) in [5.74, 6) is 0.946. The van der Waals surface area contributed by atoms with Gasteiger partial charge in [0.15, 0.2) is 11.5 Å². The molecule has 1 N–H and O–H groups in total.